The topological polar surface area (TPSA) is 80.0 Å². The van der Waals surface area contributed by atoms with E-state index in [1.165, 1.54) is 23.3 Å². The molecule has 1 amide bonds. The summed E-state index contributed by atoms with van der Waals surface area (Å²) < 4.78 is 11.0. The fraction of sp³-hybridized carbons (Fsp3) is 0.154. The van der Waals surface area contributed by atoms with Gasteiger partial charge < -0.3 is 19.2 Å². The number of amides is 1. The van der Waals surface area contributed by atoms with Crippen LogP contribution in [0.1, 0.15) is 22.5 Å². The fourth-order valence-electron chi connectivity index (χ4n) is 3.55. The van der Waals surface area contributed by atoms with E-state index >= 15 is 0 Å². The molecule has 2 aromatic heterocycles. The highest BCUT2D eigenvalue weighted by Gasteiger charge is 2.33. The Kier molecular flexibility index (Phi) is 7.22. The van der Waals surface area contributed by atoms with E-state index in [1.54, 1.807) is 23.5 Å². The van der Waals surface area contributed by atoms with Crippen molar-refractivity contribution in [2.75, 3.05) is 6.61 Å². The molecule has 0 spiro atoms. The SMILES string of the molecule is O=C(O)[C@@H]1Cc2ccc(OC/C=C/C=C/c3ccsc3)cc2CN1C(=O)/C=C/c1ccco1. The monoisotopic (exact) mass is 461 g/mol. The van der Waals surface area contributed by atoms with E-state index in [9.17, 15) is 14.7 Å². The van der Waals surface area contributed by atoms with Crippen molar-refractivity contribution >= 4 is 35.4 Å². The first-order chi connectivity index (χ1) is 16.1. The van der Waals surface area contributed by atoms with Crippen molar-refractivity contribution in [2.45, 2.75) is 19.0 Å². The maximum Gasteiger partial charge on any atom is 0.326 e. The van der Waals surface area contributed by atoms with Crippen molar-refractivity contribution in [3.63, 3.8) is 0 Å². The lowest BCUT2D eigenvalue weighted by atomic mass is 9.93. The summed E-state index contributed by atoms with van der Waals surface area (Å²) in [5.41, 5.74) is 2.95. The summed E-state index contributed by atoms with van der Waals surface area (Å²) in [5.74, 6) is -0.202. The predicted molar refractivity (Wildman–Crippen MR) is 128 cm³/mol. The van der Waals surface area contributed by atoms with Crippen molar-refractivity contribution in [3.05, 3.63) is 100 Å². The average Bonchev–Trinajstić information content (AvgIpc) is 3.53. The summed E-state index contributed by atoms with van der Waals surface area (Å²) in [7, 11) is 0. The number of rotatable bonds is 8. The molecular formula is C26H23NO5S. The minimum atomic E-state index is -1.03. The molecule has 0 fully saturated rings. The lowest BCUT2D eigenvalue weighted by Crippen LogP contribution is -2.48. The normalized spacial score (nSPS) is 16.0. The number of hydrogen-bond donors (Lipinski definition) is 1. The van der Waals surface area contributed by atoms with Crippen molar-refractivity contribution in [1.29, 1.82) is 0 Å². The van der Waals surface area contributed by atoms with Gasteiger partial charge in [0.15, 0.2) is 0 Å². The van der Waals surface area contributed by atoms with E-state index in [-0.39, 0.29) is 18.9 Å². The van der Waals surface area contributed by atoms with Crippen LogP contribution in [-0.4, -0.2) is 34.5 Å². The molecule has 33 heavy (non-hydrogen) atoms. The molecule has 0 saturated heterocycles. The minimum absolute atomic E-state index is 0.198. The van der Waals surface area contributed by atoms with Gasteiger partial charge in [0.2, 0.25) is 5.91 Å². The van der Waals surface area contributed by atoms with Gasteiger partial charge >= 0.3 is 5.97 Å². The average molecular weight is 462 g/mol. The molecule has 6 nitrogen and oxygen atoms in total. The quantitative estimate of drug-likeness (QED) is 0.375. The number of carboxylic acids is 1. The third-order valence-corrected chi connectivity index (χ3v) is 5.94. The van der Waals surface area contributed by atoms with Crippen LogP contribution in [0.4, 0.5) is 0 Å². The van der Waals surface area contributed by atoms with E-state index in [4.69, 9.17) is 9.15 Å². The standard InChI is InChI=1S/C26H23NO5S/c28-25(10-9-22-6-4-13-31-22)27-17-21-15-23(8-7-20(21)16-24(27)26(29)30)32-12-3-1-2-5-19-11-14-33-18-19/h1-11,13-15,18,24H,12,16-17H2,(H,29,30)/b3-1+,5-2+,10-9+/t24-/m0/s1. The second kappa shape index (κ2) is 10.7. The van der Waals surface area contributed by atoms with Crippen LogP contribution in [-0.2, 0) is 22.6 Å². The van der Waals surface area contributed by atoms with E-state index in [1.807, 2.05) is 53.9 Å². The molecule has 1 aliphatic heterocycles. The number of nitrogens with zero attached hydrogens (tertiary/aromatic N) is 1. The number of fused-ring (bicyclic) bond motifs is 1. The molecule has 1 aromatic carbocycles. The van der Waals surface area contributed by atoms with Crippen molar-refractivity contribution in [1.82, 2.24) is 4.90 Å². The predicted octanol–water partition coefficient (Wildman–Crippen LogP) is 5.04. The molecule has 4 rings (SSSR count). The number of furan rings is 1. The zero-order valence-electron chi connectivity index (χ0n) is 17.8. The van der Waals surface area contributed by atoms with Crippen LogP contribution < -0.4 is 4.74 Å². The Morgan fingerprint density at radius 3 is 2.85 bits per heavy atom. The van der Waals surface area contributed by atoms with Crippen molar-refractivity contribution < 1.29 is 23.8 Å². The summed E-state index contributed by atoms with van der Waals surface area (Å²) >= 11 is 1.66. The largest absolute Gasteiger partial charge is 0.490 e. The van der Waals surface area contributed by atoms with E-state index in [2.05, 4.69) is 5.38 Å². The number of carbonyl (C=O) groups excluding carboxylic acids is 1. The van der Waals surface area contributed by atoms with Crippen LogP contribution >= 0.6 is 11.3 Å². The summed E-state index contributed by atoms with van der Waals surface area (Å²) in [6.45, 7) is 0.600. The molecule has 0 radical (unpaired) electrons. The molecular weight excluding hydrogens is 438 g/mol. The number of carboxylic acid groups (broad SMARTS) is 1. The molecule has 0 saturated carbocycles. The van der Waals surface area contributed by atoms with Gasteiger partial charge in [-0.15, -0.1) is 0 Å². The Morgan fingerprint density at radius 2 is 2.09 bits per heavy atom. The smallest absolute Gasteiger partial charge is 0.326 e. The first kappa shape index (κ1) is 22.4. The lowest BCUT2D eigenvalue weighted by molar-refractivity contribution is -0.149. The Balaban J connectivity index is 1.40. The second-order valence-electron chi connectivity index (χ2n) is 7.46. The highest BCUT2D eigenvalue weighted by atomic mass is 32.1. The van der Waals surface area contributed by atoms with Gasteiger partial charge in [0, 0.05) is 19.0 Å². The third kappa shape index (κ3) is 5.90. The van der Waals surface area contributed by atoms with Gasteiger partial charge in [-0.2, -0.15) is 11.3 Å². The summed E-state index contributed by atoms with van der Waals surface area (Å²) in [6, 6.07) is 10.2. The van der Waals surface area contributed by atoms with E-state index in [0.29, 0.717) is 18.1 Å². The maximum absolute atomic E-state index is 12.7. The number of benzene rings is 1. The van der Waals surface area contributed by atoms with Crippen LogP contribution in [0.15, 0.2) is 82.1 Å². The summed E-state index contributed by atoms with van der Waals surface area (Å²) in [6.07, 6.45) is 12.5. The number of thiophene rings is 1. The first-order valence-electron chi connectivity index (χ1n) is 10.4. The van der Waals surface area contributed by atoms with Crippen molar-refractivity contribution in [2.24, 2.45) is 0 Å². The molecule has 1 aliphatic rings. The fourth-order valence-corrected chi connectivity index (χ4v) is 4.18. The number of carbonyl (C=O) groups is 2. The van der Waals surface area contributed by atoms with E-state index in [0.717, 1.165) is 16.7 Å². The summed E-state index contributed by atoms with van der Waals surface area (Å²) in [4.78, 5) is 25.9. The number of hydrogen-bond acceptors (Lipinski definition) is 5. The molecule has 3 heterocycles. The van der Waals surface area contributed by atoms with E-state index < -0.39 is 12.0 Å². The van der Waals surface area contributed by atoms with Crippen LogP contribution in [0.3, 0.4) is 0 Å². The molecule has 7 heteroatoms. The third-order valence-electron chi connectivity index (χ3n) is 5.23. The van der Waals surface area contributed by atoms with Crippen LogP contribution in [0, 0.1) is 0 Å². The summed E-state index contributed by atoms with van der Waals surface area (Å²) in [5, 5.41) is 13.8. The van der Waals surface area contributed by atoms with Gasteiger partial charge in [0.05, 0.1) is 6.26 Å². The highest BCUT2D eigenvalue weighted by Crippen LogP contribution is 2.28. The molecule has 0 aliphatic carbocycles. The zero-order chi connectivity index (χ0) is 23.0. The lowest BCUT2D eigenvalue weighted by Gasteiger charge is -2.34. The Bertz CT molecular complexity index is 1180. The van der Waals surface area contributed by atoms with Gasteiger partial charge in [0.1, 0.15) is 24.2 Å². The van der Waals surface area contributed by atoms with Crippen LogP contribution in [0.2, 0.25) is 0 Å². The molecule has 1 atom stereocenters. The molecule has 1 N–H and O–H groups in total. The number of ether oxygens (including phenoxy) is 1. The van der Waals surface area contributed by atoms with Gasteiger partial charge in [-0.1, -0.05) is 24.3 Å². The van der Waals surface area contributed by atoms with Gasteiger partial charge in [-0.25, -0.2) is 4.79 Å². The van der Waals surface area contributed by atoms with Crippen LogP contribution in [0.25, 0.3) is 12.2 Å². The zero-order valence-corrected chi connectivity index (χ0v) is 18.6. The van der Waals surface area contributed by atoms with Gasteiger partial charge in [-0.3, -0.25) is 4.79 Å². The van der Waals surface area contributed by atoms with Gasteiger partial charge in [-0.05, 0) is 69.9 Å². The Morgan fingerprint density at radius 1 is 1.18 bits per heavy atom. The number of allylic oxidation sites excluding steroid dienone is 2. The molecule has 0 bridgehead atoms. The minimum Gasteiger partial charge on any atom is -0.490 e. The Labute approximate surface area is 195 Å². The van der Waals surface area contributed by atoms with Crippen molar-refractivity contribution in [3.8, 4) is 5.75 Å². The maximum atomic E-state index is 12.7. The second-order valence-corrected chi connectivity index (χ2v) is 8.24. The number of aliphatic carboxylic acids is 1. The van der Waals surface area contributed by atoms with Gasteiger partial charge in [0.25, 0.3) is 0 Å². The van der Waals surface area contributed by atoms with Crippen LogP contribution in [0.5, 0.6) is 5.75 Å². The molecule has 0 unspecified atom stereocenters. The first-order valence-corrected chi connectivity index (χ1v) is 11.4. The Hall–Kier alpha value is -3.84. The molecule has 3 aromatic rings. The highest BCUT2D eigenvalue weighted by molar-refractivity contribution is 7.08. The molecule has 168 valence electrons.